The van der Waals surface area contributed by atoms with E-state index in [-0.39, 0.29) is 29.6 Å². The summed E-state index contributed by atoms with van der Waals surface area (Å²) in [4.78, 5) is 11.7. The molecule has 1 aromatic carbocycles. The van der Waals surface area contributed by atoms with Crippen LogP contribution in [0.5, 0.6) is 11.5 Å². The Hall–Kier alpha value is -1.67. The molecule has 0 aromatic heterocycles. The van der Waals surface area contributed by atoms with Crippen LogP contribution in [0.2, 0.25) is 0 Å². The maximum atomic E-state index is 12.2. The zero-order valence-electron chi connectivity index (χ0n) is 12.3. The fourth-order valence-electron chi connectivity index (χ4n) is 1.32. The highest BCUT2D eigenvalue weighted by Crippen LogP contribution is 2.31. The summed E-state index contributed by atoms with van der Waals surface area (Å²) < 4.78 is 46.2. The number of alkyl halides is 3. The molecule has 0 spiro atoms. The molecule has 0 fully saturated rings. The van der Waals surface area contributed by atoms with Gasteiger partial charge in [-0.1, -0.05) is 0 Å². The molecule has 1 amide bonds. The van der Waals surface area contributed by atoms with E-state index >= 15 is 0 Å². The van der Waals surface area contributed by atoms with Crippen LogP contribution in [0.4, 0.5) is 18.9 Å². The number of methoxy groups -OCH3 is 1. The minimum Gasteiger partial charge on any atom is -0.493 e. The summed E-state index contributed by atoms with van der Waals surface area (Å²) in [6.07, 6.45) is -4.47. The fourth-order valence-corrected chi connectivity index (χ4v) is 1.32. The monoisotopic (exact) mass is 342 g/mol. The number of nitrogens with two attached hydrogens (primary N) is 1. The summed E-state index contributed by atoms with van der Waals surface area (Å²) in [7, 11) is 1.30. The average molecular weight is 343 g/mol. The van der Waals surface area contributed by atoms with Crippen LogP contribution < -0.4 is 20.5 Å². The van der Waals surface area contributed by atoms with Gasteiger partial charge in [-0.15, -0.1) is 12.4 Å². The van der Waals surface area contributed by atoms with Gasteiger partial charge >= 0.3 is 6.18 Å². The lowest BCUT2D eigenvalue weighted by Gasteiger charge is -2.19. The van der Waals surface area contributed by atoms with Crippen LogP contribution in [0.1, 0.15) is 13.8 Å². The summed E-state index contributed by atoms with van der Waals surface area (Å²) in [5.74, 6) is -0.471. The van der Waals surface area contributed by atoms with Crippen LogP contribution in [0.15, 0.2) is 18.2 Å². The van der Waals surface area contributed by atoms with Gasteiger partial charge in [0.05, 0.1) is 12.6 Å². The van der Waals surface area contributed by atoms with Gasteiger partial charge < -0.3 is 20.5 Å². The molecule has 0 unspecified atom stereocenters. The van der Waals surface area contributed by atoms with Gasteiger partial charge in [-0.2, -0.15) is 13.2 Å². The highest BCUT2D eigenvalue weighted by Gasteiger charge is 2.29. The molecule has 9 heteroatoms. The molecule has 1 aromatic rings. The molecule has 5 nitrogen and oxygen atoms in total. The van der Waals surface area contributed by atoms with Crippen molar-refractivity contribution in [2.24, 2.45) is 5.73 Å². The van der Waals surface area contributed by atoms with Crippen molar-refractivity contribution in [2.45, 2.75) is 25.6 Å². The number of carbonyl (C=O) groups is 1. The number of amides is 1. The molecule has 0 aliphatic heterocycles. The second-order valence-electron chi connectivity index (χ2n) is 4.95. The van der Waals surface area contributed by atoms with Crippen molar-refractivity contribution >= 4 is 24.0 Å². The van der Waals surface area contributed by atoms with Crippen LogP contribution in [-0.2, 0) is 4.79 Å². The quantitative estimate of drug-likeness (QED) is 0.863. The van der Waals surface area contributed by atoms with Crippen LogP contribution in [0.25, 0.3) is 0 Å². The summed E-state index contributed by atoms with van der Waals surface area (Å²) in [5.41, 5.74) is 4.76. The number of anilines is 1. The Balaban J connectivity index is 0.00000441. The van der Waals surface area contributed by atoms with Gasteiger partial charge in [0, 0.05) is 11.8 Å². The lowest BCUT2D eigenvalue weighted by atomic mass is 10.1. The Labute approximate surface area is 132 Å². The van der Waals surface area contributed by atoms with Crippen molar-refractivity contribution in [3.05, 3.63) is 18.2 Å². The molecule has 0 atom stereocenters. The molecule has 0 saturated heterocycles. The highest BCUT2D eigenvalue weighted by atomic mass is 35.5. The fraction of sp³-hybridized carbons (Fsp3) is 0.462. The number of benzene rings is 1. The second kappa shape index (κ2) is 7.55. The number of nitrogens with one attached hydrogen (secondary N) is 1. The Morgan fingerprint density at radius 2 is 1.86 bits per heavy atom. The van der Waals surface area contributed by atoms with Crippen LogP contribution >= 0.6 is 12.4 Å². The van der Waals surface area contributed by atoms with Crippen molar-refractivity contribution in [3.8, 4) is 11.5 Å². The third-order valence-electron chi connectivity index (χ3n) is 2.40. The Bertz CT molecular complexity index is 516. The van der Waals surface area contributed by atoms with Gasteiger partial charge in [-0.3, -0.25) is 4.79 Å². The zero-order chi connectivity index (χ0) is 16.3. The Kier molecular flexibility index (Phi) is 6.98. The van der Waals surface area contributed by atoms with Gasteiger partial charge in [-0.25, -0.2) is 0 Å². The van der Waals surface area contributed by atoms with E-state index in [1.807, 2.05) is 0 Å². The Morgan fingerprint density at radius 3 is 2.32 bits per heavy atom. The molecule has 0 saturated carbocycles. The number of halogens is 4. The molecule has 0 aliphatic rings. The second-order valence-corrected chi connectivity index (χ2v) is 4.95. The minimum absolute atomic E-state index is 0. The predicted octanol–water partition coefficient (Wildman–Crippen LogP) is 2.73. The normalized spacial score (nSPS) is 11.4. The van der Waals surface area contributed by atoms with Crippen molar-refractivity contribution in [1.82, 2.24) is 0 Å². The third kappa shape index (κ3) is 6.40. The van der Waals surface area contributed by atoms with E-state index in [0.717, 1.165) is 0 Å². The SMILES string of the molecule is COc1ccc(NC(=O)C(C)(C)N)cc1OCC(F)(F)F.Cl. The van der Waals surface area contributed by atoms with Crippen molar-refractivity contribution in [1.29, 1.82) is 0 Å². The first-order valence-electron chi connectivity index (χ1n) is 6.01. The molecule has 22 heavy (non-hydrogen) atoms. The van der Waals surface area contributed by atoms with E-state index in [9.17, 15) is 18.0 Å². The van der Waals surface area contributed by atoms with Gasteiger partial charge in [-0.05, 0) is 26.0 Å². The summed E-state index contributed by atoms with van der Waals surface area (Å²) in [6, 6.07) is 4.11. The predicted molar refractivity (Wildman–Crippen MR) is 78.7 cm³/mol. The maximum Gasteiger partial charge on any atom is 0.422 e. The molecule has 1 rings (SSSR count). The van der Waals surface area contributed by atoms with Crippen LogP contribution in [0.3, 0.4) is 0 Å². The van der Waals surface area contributed by atoms with Crippen molar-refractivity contribution in [2.75, 3.05) is 19.0 Å². The van der Waals surface area contributed by atoms with E-state index < -0.39 is 24.2 Å². The van der Waals surface area contributed by atoms with Crippen molar-refractivity contribution < 1.29 is 27.4 Å². The first kappa shape index (κ1) is 20.3. The van der Waals surface area contributed by atoms with E-state index in [1.165, 1.54) is 39.2 Å². The number of hydrogen-bond donors (Lipinski definition) is 2. The molecular weight excluding hydrogens is 325 g/mol. The molecule has 0 bridgehead atoms. The first-order chi connectivity index (χ1) is 9.53. The average Bonchev–Trinajstić information content (AvgIpc) is 2.34. The summed E-state index contributed by atoms with van der Waals surface area (Å²) >= 11 is 0. The lowest BCUT2D eigenvalue weighted by molar-refractivity contribution is -0.153. The largest absolute Gasteiger partial charge is 0.493 e. The smallest absolute Gasteiger partial charge is 0.422 e. The van der Waals surface area contributed by atoms with Crippen LogP contribution in [-0.4, -0.2) is 31.3 Å². The first-order valence-corrected chi connectivity index (χ1v) is 6.01. The standard InChI is InChI=1S/C13H17F3N2O3.ClH/c1-12(2,17)11(19)18-8-4-5-9(20-3)10(6-8)21-7-13(14,15)16;/h4-6H,7,17H2,1-3H3,(H,18,19);1H. The van der Waals surface area contributed by atoms with E-state index in [1.54, 1.807) is 0 Å². The Morgan fingerprint density at radius 1 is 1.27 bits per heavy atom. The molecule has 3 N–H and O–H groups in total. The number of hydrogen-bond acceptors (Lipinski definition) is 4. The van der Waals surface area contributed by atoms with E-state index in [0.29, 0.717) is 0 Å². The molecule has 0 aliphatic carbocycles. The highest BCUT2D eigenvalue weighted by molar-refractivity contribution is 5.97. The molecule has 0 heterocycles. The molecule has 0 radical (unpaired) electrons. The van der Waals surface area contributed by atoms with Crippen molar-refractivity contribution in [3.63, 3.8) is 0 Å². The maximum absolute atomic E-state index is 12.2. The summed E-state index contributed by atoms with van der Waals surface area (Å²) in [5, 5.41) is 2.49. The summed E-state index contributed by atoms with van der Waals surface area (Å²) in [6.45, 7) is 1.56. The minimum atomic E-state index is -4.47. The topological polar surface area (TPSA) is 73.6 Å². The third-order valence-corrected chi connectivity index (χ3v) is 2.40. The van der Waals surface area contributed by atoms with E-state index in [2.05, 4.69) is 10.1 Å². The zero-order valence-corrected chi connectivity index (χ0v) is 13.1. The van der Waals surface area contributed by atoms with Gasteiger partial charge in [0.2, 0.25) is 5.91 Å². The molecule has 126 valence electrons. The van der Waals surface area contributed by atoms with E-state index in [4.69, 9.17) is 10.5 Å². The molecular formula is C13H18ClF3N2O3. The lowest BCUT2D eigenvalue weighted by Crippen LogP contribution is -2.45. The van der Waals surface area contributed by atoms with Gasteiger partial charge in [0.1, 0.15) is 0 Å². The number of ether oxygens (including phenoxy) is 2. The van der Waals surface area contributed by atoms with Gasteiger partial charge in [0.25, 0.3) is 0 Å². The van der Waals surface area contributed by atoms with Crippen LogP contribution in [0, 0.1) is 0 Å². The van der Waals surface area contributed by atoms with Gasteiger partial charge in [0.15, 0.2) is 18.1 Å². The number of carbonyl (C=O) groups excluding carboxylic acids is 1. The number of rotatable bonds is 5.